The van der Waals surface area contributed by atoms with Crippen molar-refractivity contribution in [3.05, 3.63) is 30.5 Å². The van der Waals surface area contributed by atoms with Crippen molar-refractivity contribution in [2.24, 2.45) is 0 Å². The summed E-state index contributed by atoms with van der Waals surface area (Å²) in [6, 6.07) is 7.78. The maximum absolute atomic E-state index is 11.7. The number of para-hydroxylation sites is 1. The Morgan fingerprint density at radius 1 is 1.31 bits per heavy atom. The van der Waals surface area contributed by atoms with Gasteiger partial charge in [0.2, 0.25) is 0 Å². The first-order chi connectivity index (χ1) is 7.86. The Balaban J connectivity index is 2.08. The number of amides is 2. The zero-order valence-corrected chi connectivity index (χ0v) is 8.76. The zero-order chi connectivity index (χ0) is 11.0. The third-order valence-electron chi connectivity index (χ3n) is 2.74. The predicted molar refractivity (Wildman–Crippen MR) is 60.8 cm³/mol. The van der Waals surface area contributed by atoms with E-state index in [9.17, 15) is 4.79 Å². The summed E-state index contributed by atoms with van der Waals surface area (Å²) in [5.74, 6) is 0. The number of carbonyl (C=O) groups excluding carboxylic acids is 1. The van der Waals surface area contributed by atoms with Gasteiger partial charge in [0.1, 0.15) is 0 Å². The number of hydrogen-bond acceptors (Lipinski definition) is 2. The third-order valence-corrected chi connectivity index (χ3v) is 2.74. The van der Waals surface area contributed by atoms with E-state index >= 15 is 0 Å². The van der Waals surface area contributed by atoms with Gasteiger partial charge in [-0.15, -0.1) is 0 Å². The fraction of sp³-hybridized carbons (Fsp3) is 0.273. The molecule has 1 N–H and O–H groups in total. The molecule has 1 fully saturated rings. The van der Waals surface area contributed by atoms with Gasteiger partial charge >= 0.3 is 6.03 Å². The van der Waals surface area contributed by atoms with E-state index in [2.05, 4.69) is 10.4 Å². The highest BCUT2D eigenvalue weighted by Gasteiger charge is 2.20. The maximum atomic E-state index is 11.7. The lowest BCUT2D eigenvalue weighted by Gasteiger charge is -2.27. The molecule has 0 atom stereocenters. The van der Waals surface area contributed by atoms with E-state index in [1.807, 2.05) is 24.3 Å². The van der Waals surface area contributed by atoms with Crippen LogP contribution in [0.5, 0.6) is 0 Å². The molecule has 0 radical (unpaired) electrons. The molecule has 0 spiro atoms. The standard InChI is InChI=1S/C11H12N4O/c16-11-12-6-3-7-14(11)15-10-5-2-1-4-9(10)8-13-15/h1-2,4-5,8H,3,6-7H2,(H,12,16). The summed E-state index contributed by atoms with van der Waals surface area (Å²) in [7, 11) is 0. The molecular formula is C11H12N4O. The van der Waals surface area contributed by atoms with Crippen LogP contribution in [0, 0.1) is 0 Å². The molecule has 0 unspecified atom stereocenters. The van der Waals surface area contributed by atoms with Crippen molar-refractivity contribution < 1.29 is 4.79 Å². The Morgan fingerprint density at radius 2 is 2.19 bits per heavy atom. The van der Waals surface area contributed by atoms with E-state index in [1.54, 1.807) is 16.0 Å². The molecule has 82 valence electrons. The van der Waals surface area contributed by atoms with Crippen LogP contribution in [0.3, 0.4) is 0 Å². The van der Waals surface area contributed by atoms with Crippen LogP contribution in [-0.2, 0) is 0 Å². The predicted octanol–water partition coefficient (Wildman–Crippen LogP) is 1.09. The van der Waals surface area contributed by atoms with E-state index in [0.29, 0.717) is 6.54 Å². The molecule has 2 heterocycles. The van der Waals surface area contributed by atoms with Crippen molar-refractivity contribution in [1.82, 2.24) is 15.2 Å². The van der Waals surface area contributed by atoms with E-state index in [0.717, 1.165) is 23.9 Å². The summed E-state index contributed by atoms with van der Waals surface area (Å²) in [5, 5.41) is 9.74. The number of hydrogen-bond donors (Lipinski definition) is 1. The number of urea groups is 1. The van der Waals surface area contributed by atoms with E-state index < -0.39 is 0 Å². The Labute approximate surface area is 92.6 Å². The van der Waals surface area contributed by atoms with Gasteiger partial charge in [-0.3, -0.25) is 0 Å². The average molecular weight is 216 g/mol. The number of nitrogens with one attached hydrogen (secondary N) is 1. The van der Waals surface area contributed by atoms with Gasteiger partial charge in [-0.25, -0.2) is 9.80 Å². The normalized spacial score (nSPS) is 16.5. The molecule has 0 bridgehead atoms. The number of carbonyl (C=O) groups is 1. The van der Waals surface area contributed by atoms with Gasteiger partial charge in [-0.2, -0.15) is 9.89 Å². The summed E-state index contributed by atoms with van der Waals surface area (Å²) in [4.78, 5) is 13.4. The number of fused-ring (bicyclic) bond motifs is 1. The second-order valence-corrected chi connectivity index (χ2v) is 3.80. The molecule has 0 aliphatic carbocycles. The first-order valence-corrected chi connectivity index (χ1v) is 5.35. The largest absolute Gasteiger partial charge is 0.337 e. The van der Waals surface area contributed by atoms with Crippen LogP contribution in [0.1, 0.15) is 6.42 Å². The van der Waals surface area contributed by atoms with Crippen molar-refractivity contribution >= 4 is 16.9 Å². The zero-order valence-electron chi connectivity index (χ0n) is 8.76. The van der Waals surface area contributed by atoms with Crippen molar-refractivity contribution in [3.8, 4) is 0 Å². The van der Waals surface area contributed by atoms with Gasteiger partial charge < -0.3 is 5.32 Å². The SMILES string of the molecule is O=C1NCCCN1n1ncc2ccccc21. The molecule has 1 aromatic carbocycles. The Hall–Kier alpha value is -2.04. The molecule has 1 aliphatic rings. The monoisotopic (exact) mass is 216 g/mol. The van der Waals surface area contributed by atoms with Gasteiger partial charge in [0.05, 0.1) is 11.7 Å². The van der Waals surface area contributed by atoms with Crippen LogP contribution in [0.15, 0.2) is 30.5 Å². The van der Waals surface area contributed by atoms with Crippen molar-refractivity contribution in [1.29, 1.82) is 0 Å². The minimum absolute atomic E-state index is 0.0832. The molecule has 16 heavy (non-hydrogen) atoms. The molecule has 3 rings (SSSR count). The van der Waals surface area contributed by atoms with Crippen LogP contribution in [0.25, 0.3) is 10.9 Å². The lowest BCUT2D eigenvalue weighted by molar-refractivity contribution is 0.235. The third kappa shape index (κ3) is 1.32. The summed E-state index contributed by atoms with van der Waals surface area (Å²) < 4.78 is 0. The van der Waals surface area contributed by atoms with Crippen LogP contribution >= 0.6 is 0 Å². The summed E-state index contributed by atoms with van der Waals surface area (Å²) in [6.07, 6.45) is 2.72. The van der Waals surface area contributed by atoms with Crippen LogP contribution in [0.2, 0.25) is 0 Å². The van der Waals surface area contributed by atoms with Gasteiger partial charge in [-0.05, 0) is 12.5 Å². The van der Waals surface area contributed by atoms with Crippen molar-refractivity contribution in [2.45, 2.75) is 6.42 Å². The highest BCUT2D eigenvalue weighted by molar-refractivity contribution is 5.88. The number of nitrogens with zero attached hydrogens (tertiary/aromatic N) is 3. The minimum Gasteiger partial charge on any atom is -0.336 e. The molecule has 2 aromatic rings. The first kappa shape index (κ1) is 9.21. The number of benzene rings is 1. The minimum atomic E-state index is -0.0832. The fourth-order valence-electron chi connectivity index (χ4n) is 1.95. The van der Waals surface area contributed by atoms with Crippen molar-refractivity contribution in [3.63, 3.8) is 0 Å². The van der Waals surface area contributed by atoms with E-state index in [1.165, 1.54) is 0 Å². The summed E-state index contributed by atoms with van der Waals surface area (Å²) in [6.45, 7) is 1.45. The molecule has 1 saturated heterocycles. The smallest absolute Gasteiger partial charge is 0.336 e. The Morgan fingerprint density at radius 3 is 3.06 bits per heavy atom. The average Bonchev–Trinajstić information content (AvgIpc) is 2.74. The van der Waals surface area contributed by atoms with E-state index in [-0.39, 0.29) is 6.03 Å². The highest BCUT2D eigenvalue weighted by atomic mass is 16.2. The fourth-order valence-corrected chi connectivity index (χ4v) is 1.95. The molecule has 5 nitrogen and oxygen atoms in total. The maximum Gasteiger partial charge on any atom is 0.337 e. The molecule has 5 heteroatoms. The topological polar surface area (TPSA) is 50.2 Å². The second kappa shape index (κ2) is 3.52. The Bertz CT molecular complexity index is 534. The molecule has 1 aromatic heterocycles. The first-order valence-electron chi connectivity index (χ1n) is 5.35. The van der Waals surface area contributed by atoms with Gasteiger partial charge in [0.15, 0.2) is 0 Å². The molecule has 2 amide bonds. The number of aromatic nitrogens is 2. The van der Waals surface area contributed by atoms with Gasteiger partial charge in [-0.1, -0.05) is 18.2 Å². The van der Waals surface area contributed by atoms with Gasteiger partial charge in [0.25, 0.3) is 0 Å². The lowest BCUT2D eigenvalue weighted by atomic mass is 10.3. The van der Waals surface area contributed by atoms with Gasteiger partial charge in [0, 0.05) is 18.5 Å². The summed E-state index contributed by atoms with van der Waals surface area (Å²) >= 11 is 0. The Kier molecular flexibility index (Phi) is 2.02. The molecule has 0 saturated carbocycles. The molecular weight excluding hydrogens is 204 g/mol. The van der Waals surface area contributed by atoms with Crippen molar-refractivity contribution in [2.75, 3.05) is 18.1 Å². The molecule has 1 aliphatic heterocycles. The van der Waals surface area contributed by atoms with Crippen LogP contribution < -0.4 is 10.3 Å². The second-order valence-electron chi connectivity index (χ2n) is 3.80. The highest BCUT2D eigenvalue weighted by Crippen LogP contribution is 2.13. The van der Waals surface area contributed by atoms with E-state index in [4.69, 9.17) is 0 Å². The summed E-state index contributed by atoms with van der Waals surface area (Å²) in [5.41, 5.74) is 0.958. The van der Waals surface area contributed by atoms with Crippen LogP contribution in [0.4, 0.5) is 4.79 Å². The van der Waals surface area contributed by atoms with Crippen LogP contribution in [-0.4, -0.2) is 29.0 Å². The number of rotatable bonds is 1. The quantitative estimate of drug-likeness (QED) is 0.775. The lowest BCUT2D eigenvalue weighted by Crippen LogP contribution is -2.52.